The van der Waals surface area contributed by atoms with Crippen molar-refractivity contribution < 1.29 is 13.6 Å². The first-order valence-electron chi connectivity index (χ1n) is 10.3. The van der Waals surface area contributed by atoms with Gasteiger partial charge in [-0.05, 0) is 31.2 Å². The number of imidazole rings is 1. The van der Waals surface area contributed by atoms with Crippen LogP contribution >= 0.6 is 0 Å². The number of nitrogens with zero attached hydrogens (tertiary/aromatic N) is 8. The molecule has 1 amide bonds. The molecule has 0 saturated carbocycles. The highest BCUT2D eigenvalue weighted by atomic mass is 19.1. The Morgan fingerprint density at radius 2 is 2.12 bits per heavy atom. The summed E-state index contributed by atoms with van der Waals surface area (Å²) in [6.45, 7) is 2.27. The molecule has 5 aromatic heterocycles. The summed E-state index contributed by atoms with van der Waals surface area (Å²) in [5.41, 5.74) is 4.02. The first-order valence-corrected chi connectivity index (χ1v) is 10.3. The average Bonchev–Trinajstić information content (AvgIpc) is 3.59. The number of nitrogens with one attached hydrogen (secondary N) is 1. The van der Waals surface area contributed by atoms with E-state index in [2.05, 4.69) is 30.4 Å². The molecule has 12 heteroatoms. The summed E-state index contributed by atoms with van der Waals surface area (Å²) < 4.78 is 22.8. The lowest BCUT2D eigenvalue weighted by Crippen LogP contribution is -2.41. The van der Waals surface area contributed by atoms with Gasteiger partial charge >= 0.3 is 11.8 Å². The maximum Gasteiger partial charge on any atom is 0.312 e. The Labute approximate surface area is 185 Å². The Bertz CT molecular complexity index is 1490. The van der Waals surface area contributed by atoms with Gasteiger partial charge in [-0.25, -0.2) is 9.50 Å². The van der Waals surface area contributed by atoms with Crippen LogP contribution in [0.1, 0.15) is 39.5 Å². The zero-order chi connectivity index (χ0) is 22.7. The van der Waals surface area contributed by atoms with Gasteiger partial charge in [0.25, 0.3) is 5.89 Å². The smallest absolute Gasteiger partial charge is 0.312 e. The molecule has 1 atom stereocenters. The summed E-state index contributed by atoms with van der Waals surface area (Å²) in [4.78, 5) is 22.6. The summed E-state index contributed by atoms with van der Waals surface area (Å²) in [5.74, 6) is -0.961. The number of fused-ring (bicyclic) bond motifs is 2. The maximum absolute atomic E-state index is 14.3. The van der Waals surface area contributed by atoms with E-state index in [4.69, 9.17) is 4.42 Å². The summed E-state index contributed by atoms with van der Waals surface area (Å²) >= 11 is 0. The van der Waals surface area contributed by atoms with Crippen LogP contribution in [0.4, 0.5) is 4.39 Å². The van der Waals surface area contributed by atoms with Gasteiger partial charge in [0.1, 0.15) is 11.7 Å². The summed E-state index contributed by atoms with van der Waals surface area (Å²) in [6, 6.07) is 7.59. The van der Waals surface area contributed by atoms with Crippen LogP contribution in [0.2, 0.25) is 0 Å². The number of pyridine rings is 1. The number of hydrogen-bond acceptors (Lipinski definition) is 7. The van der Waals surface area contributed by atoms with Gasteiger partial charge in [-0.2, -0.15) is 14.6 Å². The molecule has 5 aromatic rings. The third kappa shape index (κ3) is 3.02. The highest BCUT2D eigenvalue weighted by Gasteiger charge is 2.38. The Kier molecular flexibility index (Phi) is 4.15. The highest BCUT2D eigenvalue weighted by Crippen LogP contribution is 2.34. The molecule has 0 radical (unpaired) electrons. The van der Waals surface area contributed by atoms with Crippen molar-refractivity contribution in [3.05, 3.63) is 71.3 Å². The normalized spacial score (nSPS) is 15.8. The topological polar surface area (TPSA) is 123 Å². The predicted molar refractivity (Wildman–Crippen MR) is 112 cm³/mol. The fourth-order valence-electron chi connectivity index (χ4n) is 4.13. The number of rotatable bonds is 3. The van der Waals surface area contributed by atoms with Crippen LogP contribution in [0.15, 0.2) is 41.1 Å². The number of aryl methyl sites for hydroxylation is 2. The van der Waals surface area contributed by atoms with E-state index in [-0.39, 0.29) is 11.8 Å². The average molecular weight is 447 g/mol. The van der Waals surface area contributed by atoms with E-state index in [0.29, 0.717) is 35.6 Å². The molecule has 0 unspecified atom stereocenters. The molecule has 0 saturated heterocycles. The lowest BCUT2D eigenvalue weighted by molar-refractivity contribution is 0.0646. The molecule has 166 valence electrons. The van der Waals surface area contributed by atoms with Gasteiger partial charge in [0.05, 0.1) is 23.2 Å². The number of H-pyrrole nitrogens is 1. The molecule has 33 heavy (non-hydrogen) atoms. The van der Waals surface area contributed by atoms with Gasteiger partial charge in [0.15, 0.2) is 0 Å². The SMILES string of the molecule is Cc1cc(-c2nnc(C(=O)N3CCc4[nH]cnc4[C@H]3c3cc4cccc(F)n4n3)o2)nn1C. The molecule has 1 aliphatic rings. The fourth-order valence-corrected chi connectivity index (χ4v) is 4.13. The molecular weight excluding hydrogens is 429 g/mol. The lowest BCUT2D eigenvalue weighted by atomic mass is 9.99. The minimum absolute atomic E-state index is 0.158. The van der Waals surface area contributed by atoms with Gasteiger partial charge in [-0.3, -0.25) is 9.48 Å². The van der Waals surface area contributed by atoms with Crippen LogP contribution in [0.3, 0.4) is 0 Å². The third-order valence-electron chi connectivity index (χ3n) is 5.87. The monoisotopic (exact) mass is 447 g/mol. The molecule has 0 aromatic carbocycles. The van der Waals surface area contributed by atoms with Crippen molar-refractivity contribution in [3.8, 4) is 11.6 Å². The van der Waals surface area contributed by atoms with Crippen molar-refractivity contribution in [1.82, 2.24) is 44.5 Å². The van der Waals surface area contributed by atoms with Crippen molar-refractivity contribution in [1.29, 1.82) is 0 Å². The lowest BCUT2D eigenvalue weighted by Gasteiger charge is -2.32. The molecule has 1 aliphatic heterocycles. The van der Waals surface area contributed by atoms with E-state index in [1.54, 1.807) is 47.2 Å². The number of aromatic nitrogens is 8. The molecule has 0 aliphatic carbocycles. The zero-order valence-corrected chi connectivity index (χ0v) is 17.7. The Balaban J connectivity index is 1.40. The van der Waals surface area contributed by atoms with Gasteiger partial charge < -0.3 is 14.3 Å². The van der Waals surface area contributed by atoms with Crippen LogP contribution in [-0.2, 0) is 13.5 Å². The number of aromatic amines is 1. The van der Waals surface area contributed by atoms with E-state index < -0.39 is 17.9 Å². The van der Waals surface area contributed by atoms with E-state index >= 15 is 0 Å². The standard InChI is InChI=1S/C21H18FN9O2/c1-11-8-15(27-29(11)2)19-25-26-20(33-19)21(32)30-7-6-13-17(24-10-23-13)18(30)14-9-12-4-3-5-16(22)31(12)28-14/h3-5,8-10,18H,6-7H2,1-2H3,(H,23,24)/t18-/m1/s1. The molecule has 6 rings (SSSR count). The van der Waals surface area contributed by atoms with Crippen molar-refractivity contribution in [2.75, 3.05) is 6.54 Å². The molecule has 0 bridgehead atoms. The van der Waals surface area contributed by atoms with E-state index in [9.17, 15) is 9.18 Å². The van der Waals surface area contributed by atoms with Crippen molar-refractivity contribution >= 4 is 11.4 Å². The summed E-state index contributed by atoms with van der Waals surface area (Å²) in [5, 5.41) is 16.7. The molecule has 1 N–H and O–H groups in total. The number of hydrogen-bond donors (Lipinski definition) is 1. The van der Waals surface area contributed by atoms with Crippen LogP contribution in [0.25, 0.3) is 17.1 Å². The second kappa shape index (κ2) is 7.08. The maximum atomic E-state index is 14.3. The molecule has 6 heterocycles. The number of amides is 1. The Morgan fingerprint density at radius 3 is 2.91 bits per heavy atom. The number of carbonyl (C=O) groups excluding carboxylic acids is 1. The van der Waals surface area contributed by atoms with Crippen molar-refractivity contribution in [2.24, 2.45) is 7.05 Å². The van der Waals surface area contributed by atoms with Crippen molar-refractivity contribution in [3.63, 3.8) is 0 Å². The second-order valence-electron chi connectivity index (χ2n) is 7.88. The van der Waals surface area contributed by atoms with Crippen LogP contribution in [0.5, 0.6) is 0 Å². The van der Waals surface area contributed by atoms with E-state index in [1.165, 1.54) is 10.6 Å². The largest absolute Gasteiger partial charge is 0.411 e. The molecule has 0 spiro atoms. The Hall–Kier alpha value is -4.35. The van der Waals surface area contributed by atoms with Crippen molar-refractivity contribution in [2.45, 2.75) is 19.4 Å². The van der Waals surface area contributed by atoms with E-state index in [0.717, 1.165) is 11.4 Å². The minimum atomic E-state index is -0.640. The Morgan fingerprint density at radius 1 is 1.24 bits per heavy atom. The second-order valence-corrected chi connectivity index (χ2v) is 7.88. The highest BCUT2D eigenvalue weighted by molar-refractivity contribution is 5.90. The summed E-state index contributed by atoms with van der Waals surface area (Å²) in [6.07, 6.45) is 2.15. The third-order valence-corrected chi connectivity index (χ3v) is 5.87. The van der Waals surface area contributed by atoms with E-state index in [1.807, 2.05) is 6.92 Å². The number of carbonyl (C=O) groups is 1. The first-order chi connectivity index (χ1) is 16.0. The molecular formula is C21H18FN9O2. The van der Waals surface area contributed by atoms with Gasteiger partial charge in [-0.15, -0.1) is 10.2 Å². The van der Waals surface area contributed by atoms with Crippen LogP contribution in [-0.4, -0.2) is 56.9 Å². The predicted octanol–water partition coefficient (Wildman–Crippen LogP) is 2.08. The van der Waals surface area contributed by atoms with Crippen LogP contribution < -0.4 is 0 Å². The van der Waals surface area contributed by atoms with Gasteiger partial charge in [-0.1, -0.05) is 6.07 Å². The minimum Gasteiger partial charge on any atom is -0.411 e. The number of halogens is 1. The molecule has 0 fully saturated rings. The van der Waals surface area contributed by atoms with Gasteiger partial charge in [0.2, 0.25) is 5.95 Å². The van der Waals surface area contributed by atoms with Gasteiger partial charge in [0, 0.05) is 31.4 Å². The molecule has 11 nitrogen and oxygen atoms in total. The fraction of sp³-hybridized carbons (Fsp3) is 0.238. The zero-order valence-electron chi connectivity index (χ0n) is 17.7. The quantitative estimate of drug-likeness (QED) is 0.420. The summed E-state index contributed by atoms with van der Waals surface area (Å²) in [7, 11) is 1.80. The van der Waals surface area contributed by atoms with Crippen LogP contribution in [0, 0.1) is 12.9 Å². The first kappa shape index (κ1) is 19.3.